The van der Waals surface area contributed by atoms with Gasteiger partial charge in [0.25, 0.3) is 0 Å². The van der Waals surface area contributed by atoms with E-state index in [1.54, 1.807) is 0 Å². The van der Waals surface area contributed by atoms with Crippen LogP contribution < -0.4 is 11.4 Å². The molecule has 0 bridgehead atoms. The summed E-state index contributed by atoms with van der Waals surface area (Å²) < 4.78 is 34.6. The van der Waals surface area contributed by atoms with E-state index in [0.29, 0.717) is 0 Å². The maximum atomic E-state index is 14.4. The highest BCUT2D eigenvalue weighted by atomic mass is 19.2. The molecule has 21 heavy (non-hydrogen) atoms. The summed E-state index contributed by atoms with van der Waals surface area (Å²) in [5.41, 5.74) is 0.582. The second kappa shape index (κ2) is 5.00. The fourth-order valence-corrected chi connectivity index (χ4v) is 2.44. The number of nitrogens with zero attached hydrogens (tertiary/aromatic N) is 2. The molecule has 0 aromatic carbocycles. The summed E-state index contributed by atoms with van der Waals surface area (Å²) in [6.45, 7) is 1.61. The van der Waals surface area contributed by atoms with Crippen molar-refractivity contribution in [3.63, 3.8) is 0 Å². The molecule has 1 aliphatic heterocycles. The number of aromatic nitrogens is 2. The zero-order chi connectivity index (χ0) is 16.0. The van der Waals surface area contributed by atoms with Gasteiger partial charge in [0, 0.05) is 6.20 Å². The first-order valence-corrected chi connectivity index (χ1v) is 6.28. The van der Waals surface area contributed by atoms with Gasteiger partial charge in [0.15, 0.2) is 18.1 Å². The third kappa shape index (κ3) is 2.30. The minimum absolute atomic E-state index is 0.0761. The van der Waals surface area contributed by atoms with Crippen molar-refractivity contribution in [3.8, 4) is 0 Å². The number of aliphatic hydroxyl groups is 2. The normalized spacial score (nSPS) is 40.2. The molecule has 118 valence electrons. The Morgan fingerprint density at radius 2 is 2.14 bits per heavy atom. The van der Waals surface area contributed by atoms with Crippen molar-refractivity contribution >= 4 is 5.82 Å². The Morgan fingerprint density at radius 1 is 1.52 bits per heavy atom. The Labute approximate surface area is 119 Å². The van der Waals surface area contributed by atoms with Crippen LogP contribution in [0.1, 0.15) is 13.8 Å². The van der Waals surface area contributed by atoms with E-state index in [1.807, 2.05) is 0 Å². The van der Waals surface area contributed by atoms with Crippen molar-refractivity contribution in [1.82, 2.24) is 9.55 Å². The topological polar surface area (TPSA) is 111 Å². The van der Waals surface area contributed by atoms with Crippen LogP contribution in [0.5, 0.6) is 0 Å². The molecule has 1 aliphatic rings. The van der Waals surface area contributed by atoms with E-state index >= 15 is 0 Å². The van der Waals surface area contributed by atoms with Crippen molar-refractivity contribution in [1.29, 1.82) is 0 Å². The van der Waals surface area contributed by atoms with Crippen molar-refractivity contribution in [2.24, 2.45) is 0 Å². The predicted molar refractivity (Wildman–Crippen MR) is 68.9 cm³/mol. The van der Waals surface area contributed by atoms with Crippen LogP contribution in [0.4, 0.5) is 14.6 Å². The highest BCUT2D eigenvalue weighted by molar-refractivity contribution is 5.24. The third-order valence-corrected chi connectivity index (χ3v) is 3.78. The number of ether oxygens (including phenoxy) is 1. The van der Waals surface area contributed by atoms with Crippen molar-refractivity contribution in [2.45, 2.75) is 43.6 Å². The number of nitrogen functional groups attached to an aromatic ring is 1. The zero-order valence-corrected chi connectivity index (χ0v) is 11.5. The van der Waals surface area contributed by atoms with Gasteiger partial charge in [-0.05, 0) is 19.9 Å². The molecule has 0 spiro atoms. The molecular weight excluding hydrogens is 288 g/mol. The lowest BCUT2D eigenvalue weighted by molar-refractivity contribution is -0.313. The molecule has 9 heteroatoms. The minimum atomic E-state index is -2.34. The summed E-state index contributed by atoms with van der Waals surface area (Å²) >= 11 is 0. The lowest BCUT2D eigenvalue weighted by atomic mass is 9.85. The van der Waals surface area contributed by atoms with Gasteiger partial charge in [-0.2, -0.15) is 4.98 Å². The van der Waals surface area contributed by atoms with E-state index < -0.39 is 42.1 Å². The molecular formula is C12H17F2N3O4. The lowest BCUT2D eigenvalue weighted by Gasteiger charge is -2.50. The summed E-state index contributed by atoms with van der Waals surface area (Å²) in [6, 6.07) is 1.23. The summed E-state index contributed by atoms with van der Waals surface area (Å²) in [4.78, 5) is 15.3. The molecule has 5 atom stereocenters. The van der Waals surface area contributed by atoms with Gasteiger partial charge in [-0.25, -0.2) is 13.6 Å². The second-order valence-corrected chi connectivity index (χ2v) is 5.42. The summed E-state index contributed by atoms with van der Waals surface area (Å²) in [7, 11) is 0. The Hall–Kier alpha value is -1.58. The number of aliphatic hydroxyl groups excluding tert-OH is 2. The molecule has 0 saturated carbocycles. The third-order valence-electron chi connectivity index (χ3n) is 3.78. The number of alkyl halides is 2. The van der Waals surface area contributed by atoms with Crippen LogP contribution in [0, 0.1) is 0 Å². The Balaban J connectivity index is 2.56. The maximum absolute atomic E-state index is 14.4. The van der Waals surface area contributed by atoms with Crippen LogP contribution in [0.25, 0.3) is 0 Å². The van der Waals surface area contributed by atoms with E-state index in [1.165, 1.54) is 13.0 Å². The lowest BCUT2D eigenvalue weighted by Crippen LogP contribution is -2.68. The van der Waals surface area contributed by atoms with Crippen LogP contribution in [-0.4, -0.2) is 50.4 Å². The van der Waals surface area contributed by atoms with E-state index in [0.717, 1.165) is 17.7 Å². The average Bonchev–Trinajstić information content (AvgIpc) is 2.43. The van der Waals surface area contributed by atoms with Crippen molar-refractivity contribution in [3.05, 3.63) is 22.7 Å². The van der Waals surface area contributed by atoms with Gasteiger partial charge in [0.05, 0.1) is 6.61 Å². The van der Waals surface area contributed by atoms with E-state index in [2.05, 4.69) is 4.98 Å². The molecule has 1 fully saturated rings. The molecule has 1 aromatic heterocycles. The highest BCUT2D eigenvalue weighted by Gasteiger charge is 2.59. The van der Waals surface area contributed by atoms with Gasteiger partial charge < -0.3 is 20.7 Å². The van der Waals surface area contributed by atoms with E-state index in [9.17, 15) is 23.8 Å². The Morgan fingerprint density at radius 3 is 2.67 bits per heavy atom. The standard InChI is InChI=1S/C12H17F2N3O4/c1-11(5-18)9(19)7(13)8(14)12(2,21-11)17-4-3-6(15)16-10(17)20/h3-4,7-9,18-19H,5H2,1-2H3,(H2,15,16,20)/t7-,8?,9?,11?,12?/m1/s1. The molecule has 4 unspecified atom stereocenters. The summed E-state index contributed by atoms with van der Waals surface area (Å²) in [6.07, 6.45) is -5.43. The van der Waals surface area contributed by atoms with Gasteiger partial charge in [-0.1, -0.05) is 0 Å². The number of halogens is 2. The SMILES string of the molecule is CC1(CO)OC(C)(n2ccc(N)nc2=O)C(F)[C@@H](F)C1O. The molecule has 7 nitrogen and oxygen atoms in total. The van der Waals surface area contributed by atoms with Crippen LogP contribution in [0.2, 0.25) is 0 Å². The molecule has 0 aliphatic carbocycles. The summed E-state index contributed by atoms with van der Waals surface area (Å²) in [5.74, 6) is -0.0761. The van der Waals surface area contributed by atoms with E-state index in [-0.39, 0.29) is 5.82 Å². The smallest absolute Gasteiger partial charge is 0.351 e. The molecule has 1 saturated heterocycles. The largest absolute Gasteiger partial charge is 0.393 e. The van der Waals surface area contributed by atoms with Crippen molar-refractivity contribution in [2.75, 3.05) is 12.3 Å². The average molecular weight is 305 g/mol. The predicted octanol–water partition coefficient (Wildman–Crippen LogP) is -0.684. The molecule has 4 N–H and O–H groups in total. The molecule has 2 rings (SSSR count). The van der Waals surface area contributed by atoms with Crippen LogP contribution in [-0.2, 0) is 10.5 Å². The van der Waals surface area contributed by atoms with Gasteiger partial charge >= 0.3 is 5.69 Å². The van der Waals surface area contributed by atoms with Gasteiger partial charge in [0.1, 0.15) is 17.5 Å². The monoisotopic (exact) mass is 305 g/mol. The highest BCUT2D eigenvalue weighted by Crippen LogP contribution is 2.41. The second-order valence-electron chi connectivity index (χ2n) is 5.42. The number of nitrogens with two attached hydrogens (primary N) is 1. The fraction of sp³-hybridized carbons (Fsp3) is 0.667. The maximum Gasteiger partial charge on any atom is 0.351 e. The molecule has 0 radical (unpaired) electrons. The molecule has 2 heterocycles. The summed E-state index contributed by atoms with van der Waals surface area (Å²) in [5, 5.41) is 19.1. The van der Waals surface area contributed by atoms with Gasteiger partial charge in [-0.3, -0.25) is 4.57 Å². The number of hydrogen-bond donors (Lipinski definition) is 3. The fourth-order valence-electron chi connectivity index (χ4n) is 2.44. The van der Waals surface area contributed by atoms with Crippen LogP contribution >= 0.6 is 0 Å². The molecule has 1 aromatic rings. The Bertz CT molecular complexity index is 598. The number of anilines is 1. The first kappa shape index (κ1) is 15.8. The zero-order valence-electron chi connectivity index (χ0n) is 11.5. The quantitative estimate of drug-likeness (QED) is 0.667. The van der Waals surface area contributed by atoms with Crippen LogP contribution in [0.15, 0.2) is 17.1 Å². The van der Waals surface area contributed by atoms with Crippen LogP contribution in [0.3, 0.4) is 0 Å². The first-order valence-electron chi connectivity index (χ1n) is 6.28. The Kier molecular flexibility index (Phi) is 3.77. The van der Waals surface area contributed by atoms with Gasteiger partial charge in [-0.15, -0.1) is 0 Å². The van der Waals surface area contributed by atoms with Gasteiger partial charge in [0.2, 0.25) is 0 Å². The number of rotatable bonds is 2. The number of hydrogen-bond acceptors (Lipinski definition) is 6. The molecule has 0 amide bonds. The van der Waals surface area contributed by atoms with Crippen molar-refractivity contribution < 1.29 is 23.7 Å². The first-order chi connectivity index (χ1) is 9.65. The minimum Gasteiger partial charge on any atom is -0.393 e. The van der Waals surface area contributed by atoms with E-state index in [4.69, 9.17) is 10.5 Å².